The lowest BCUT2D eigenvalue weighted by Gasteiger charge is -2.06. The maximum atomic E-state index is 11.2. The molecule has 1 aromatic heterocycles. The zero-order valence-corrected chi connectivity index (χ0v) is 12.7. The minimum absolute atomic E-state index is 0.259. The number of hydrogen-bond donors (Lipinski definition) is 2. The molecule has 1 aromatic carbocycles. The van der Waals surface area contributed by atoms with Crippen molar-refractivity contribution in [2.24, 2.45) is 5.84 Å². The molecule has 0 unspecified atom stereocenters. The van der Waals surface area contributed by atoms with Gasteiger partial charge in [-0.1, -0.05) is 11.6 Å². The first-order valence-electron chi connectivity index (χ1n) is 5.13. The highest BCUT2D eigenvalue weighted by Gasteiger charge is 2.10. The number of hydrazine groups is 1. The number of carbonyl (C=O) groups excluding carboxylic acids is 1. The maximum Gasteiger partial charge on any atom is 0.294 e. The molecule has 0 aliphatic heterocycles. The fraction of sp³-hybridized carbons (Fsp3) is 0.0909. The predicted octanol–water partition coefficient (Wildman–Crippen LogP) is 2.74. The molecule has 3 N–H and O–H groups in total. The molecule has 2 rings (SSSR count). The molecular weight excluding hydrogens is 354 g/mol. The number of halogens is 2. The number of carbonyl (C=O) groups is 1. The van der Waals surface area contributed by atoms with Gasteiger partial charge in [-0.25, -0.2) is 10.8 Å². The van der Waals surface area contributed by atoms with E-state index in [4.69, 9.17) is 22.2 Å². The summed E-state index contributed by atoms with van der Waals surface area (Å²) >= 11 is 10.4. The Hall–Kier alpha value is -1.15. The van der Waals surface area contributed by atoms with Crippen LogP contribution in [0.3, 0.4) is 0 Å². The normalized spacial score (nSPS) is 10.3. The second kappa shape index (κ2) is 6.33. The number of ether oxygens (including phenoxy) is 1. The number of thiazole rings is 1. The van der Waals surface area contributed by atoms with Crippen molar-refractivity contribution < 1.29 is 9.53 Å². The van der Waals surface area contributed by atoms with Crippen LogP contribution in [0.2, 0.25) is 5.02 Å². The van der Waals surface area contributed by atoms with Crippen molar-refractivity contribution in [1.82, 2.24) is 10.4 Å². The minimum Gasteiger partial charge on any atom is -0.486 e. The van der Waals surface area contributed by atoms with Crippen LogP contribution in [0, 0.1) is 0 Å². The van der Waals surface area contributed by atoms with E-state index in [-0.39, 0.29) is 6.61 Å². The van der Waals surface area contributed by atoms with E-state index in [1.54, 1.807) is 23.6 Å². The molecule has 5 nitrogen and oxygen atoms in total. The molecule has 19 heavy (non-hydrogen) atoms. The third-order valence-electron chi connectivity index (χ3n) is 2.15. The molecule has 2 aromatic rings. The molecule has 0 aliphatic rings. The van der Waals surface area contributed by atoms with Crippen LogP contribution in [0.5, 0.6) is 5.75 Å². The first-order chi connectivity index (χ1) is 9.10. The monoisotopic (exact) mass is 361 g/mol. The van der Waals surface area contributed by atoms with E-state index < -0.39 is 5.91 Å². The Bertz CT molecular complexity index is 605. The largest absolute Gasteiger partial charge is 0.486 e. The van der Waals surface area contributed by atoms with Gasteiger partial charge in [0, 0.05) is 10.4 Å². The second-order valence-electron chi connectivity index (χ2n) is 3.48. The number of aromatic nitrogens is 1. The third kappa shape index (κ3) is 3.66. The summed E-state index contributed by atoms with van der Waals surface area (Å²) in [5.74, 6) is 5.27. The summed E-state index contributed by atoms with van der Waals surface area (Å²) in [6.07, 6.45) is 0. The van der Waals surface area contributed by atoms with E-state index in [1.165, 1.54) is 11.3 Å². The second-order valence-corrected chi connectivity index (χ2v) is 5.63. The number of nitrogens with zero attached hydrogens (tertiary/aromatic N) is 1. The van der Waals surface area contributed by atoms with Crippen LogP contribution in [-0.4, -0.2) is 10.9 Å². The van der Waals surface area contributed by atoms with Crippen LogP contribution in [0.25, 0.3) is 0 Å². The molecule has 0 bridgehead atoms. The quantitative estimate of drug-likeness (QED) is 0.498. The number of hydrogen-bond acceptors (Lipinski definition) is 5. The average molecular weight is 363 g/mol. The maximum absolute atomic E-state index is 11.2. The van der Waals surface area contributed by atoms with Crippen molar-refractivity contribution in [1.29, 1.82) is 0 Å². The fourth-order valence-electron chi connectivity index (χ4n) is 1.28. The molecular formula is C11H9BrClN3O2S. The van der Waals surface area contributed by atoms with Crippen molar-refractivity contribution in [3.8, 4) is 5.75 Å². The molecule has 8 heteroatoms. The van der Waals surface area contributed by atoms with Crippen LogP contribution in [0.15, 0.2) is 28.1 Å². The van der Waals surface area contributed by atoms with E-state index in [2.05, 4.69) is 20.9 Å². The van der Waals surface area contributed by atoms with Crippen molar-refractivity contribution >= 4 is 44.8 Å². The van der Waals surface area contributed by atoms with Gasteiger partial charge in [-0.05, 0) is 34.1 Å². The van der Waals surface area contributed by atoms with Crippen molar-refractivity contribution in [2.45, 2.75) is 6.61 Å². The average Bonchev–Trinajstić information content (AvgIpc) is 2.85. The highest BCUT2D eigenvalue weighted by Crippen LogP contribution is 2.28. The molecule has 1 heterocycles. The predicted molar refractivity (Wildman–Crippen MR) is 77.3 cm³/mol. The lowest BCUT2D eigenvalue weighted by Crippen LogP contribution is -2.29. The molecule has 0 fully saturated rings. The number of rotatable bonds is 4. The topological polar surface area (TPSA) is 77.2 Å². The molecule has 0 atom stereocenters. The number of nitrogens with two attached hydrogens (primary N) is 1. The Labute approximate surface area is 126 Å². The van der Waals surface area contributed by atoms with E-state index in [1.807, 2.05) is 5.43 Å². The van der Waals surface area contributed by atoms with E-state index in [0.29, 0.717) is 21.5 Å². The van der Waals surface area contributed by atoms with Gasteiger partial charge in [-0.15, -0.1) is 11.3 Å². The summed E-state index contributed by atoms with van der Waals surface area (Å²) in [7, 11) is 0. The first kappa shape index (κ1) is 14.3. The SMILES string of the molecule is NNC(=O)c1nc(COc2ccc(Cl)cc2Br)cs1. The Kier molecular flexibility index (Phi) is 4.76. The van der Waals surface area contributed by atoms with Crippen LogP contribution in [0.4, 0.5) is 0 Å². The van der Waals surface area contributed by atoms with E-state index in [0.717, 1.165) is 4.47 Å². The number of nitrogens with one attached hydrogen (secondary N) is 1. The van der Waals surface area contributed by atoms with Crippen molar-refractivity contribution in [3.05, 3.63) is 43.8 Å². The molecule has 0 saturated heterocycles. The van der Waals surface area contributed by atoms with Gasteiger partial charge in [0.25, 0.3) is 5.91 Å². The van der Waals surface area contributed by atoms with Crippen LogP contribution < -0.4 is 16.0 Å². The Morgan fingerprint density at radius 3 is 3.05 bits per heavy atom. The van der Waals surface area contributed by atoms with Gasteiger partial charge in [0.2, 0.25) is 0 Å². The third-order valence-corrected chi connectivity index (χ3v) is 3.89. The van der Waals surface area contributed by atoms with Gasteiger partial charge in [-0.3, -0.25) is 10.2 Å². The first-order valence-corrected chi connectivity index (χ1v) is 7.18. The molecule has 100 valence electrons. The molecule has 1 amide bonds. The highest BCUT2D eigenvalue weighted by atomic mass is 79.9. The fourth-order valence-corrected chi connectivity index (χ4v) is 2.78. The summed E-state index contributed by atoms with van der Waals surface area (Å²) in [6, 6.07) is 5.23. The Morgan fingerprint density at radius 2 is 2.37 bits per heavy atom. The highest BCUT2D eigenvalue weighted by molar-refractivity contribution is 9.10. The van der Waals surface area contributed by atoms with Crippen LogP contribution >= 0.6 is 38.9 Å². The molecule has 0 saturated carbocycles. The van der Waals surface area contributed by atoms with Gasteiger partial charge < -0.3 is 4.74 Å². The summed E-state index contributed by atoms with van der Waals surface area (Å²) < 4.78 is 6.34. The van der Waals surface area contributed by atoms with Crippen molar-refractivity contribution in [2.75, 3.05) is 0 Å². The van der Waals surface area contributed by atoms with Gasteiger partial charge in [0.15, 0.2) is 5.01 Å². The van der Waals surface area contributed by atoms with Gasteiger partial charge in [0.05, 0.1) is 10.2 Å². The van der Waals surface area contributed by atoms with Gasteiger partial charge in [0.1, 0.15) is 12.4 Å². The number of benzene rings is 1. The molecule has 0 aliphatic carbocycles. The van der Waals surface area contributed by atoms with E-state index >= 15 is 0 Å². The number of nitrogen functional groups attached to an aromatic ring is 1. The summed E-state index contributed by atoms with van der Waals surface area (Å²) in [6.45, 7) is 0.259. The van der Waals surface area contributed by atoms with E-state index in [9.17, 15) is 4.79 Å². The van der Waals surface area contributed by atoms with Crippen LogP contribution in [-0.2, 0) is 6.61 Å². The molecule has 0 radical (unpaired) electrons. The Morgan fingerprint density at radius 1 is 1.58 bits per heavy atom. The van der Waals surface area contributed by atoms with Gasteiger partial charge in [-0.2, -0.15) is 0 Å². The minimum atomic E-state index is -0.413. The summed E-state index contributed by atoms with van der Waals surface area (Å²) in [5, 5.41) is 2.67. The van der Waals surface area contributed by atoms with Crippen molar-refractivity contribution in [3.63, 3.8) is 0 Å². The molecule has 0 spiro atoms. The number of amides is 1. The summed E-state index contributed by atoms with van der Waals surface area (Å²) in [4.78, 5) is 15.3. The lowest BCUT2D eigenvalue weighted by atomic mass is 10.3. The zero-order valence-electron chi connectivity index (χ0n) is 9.52. The zero-order chi connectivity index (χ0) is 13.8. The Balaban J connectivity index is 2.02. The van der Waals surface area contributed by atoms with Crippen LogP contribution in [0.1, 0.15) is 15.5 Å². The standard InChI is InChI=1S/C11H9BrClN3O2S/c12-8-3-6(13)1-2-9(8)18-4-7-5-19-11(15-7)10(17)16-14/h1-3,5H,4,14H2,(H,16,17). The lowest BCUT2D eigenvalue weighted by molar-refractivity contribution is 0.0953. The smallest absolute Gasteiger partial charge is 0.294 e. The summed E-state index contributed by atoms with van der Waals surface area (Å²) in [5.41, 5.74) is 2.69. The van der Waals surface area contributed by atoms with Gasteiger partial charge >= 0.3 is 0 Å².